The number of halogens is 2. The molecule has 4 heteroatoms. The van der Waals surface area contributed by atoms with Gasteiger partial charge in [0.2, 0.25) is 0 Å². The fraction of sp³-hybridized carbons (Fsp3) is 0.167. The third kappa shape index (κ3) is 2.26. The lowest BCUT2D eigenvalue weighted by atomic mass is 10.1. The second-order valence-corrected chi connectivity index (χ2v) is 3.79. The minimum absolute atomic E-state index is 0.118. The van der Waals surface area contributed by atoms with E-state index >= 15 is 0 Å². The molecule has 1 heterocycles. The third-order valence-electron chi connectivity index (χ3n) is 2.37. The molecule has 0 spiro atoms. The van der Waals surface area contributed by atoms with Crippen LogP contribution in [0, 0.1) is 5.82 Å². The van der Waals surface area contributed by atoms with Crippen molar-refractivity contribution in [3.8, 4) is 0 Å². The zero-order valence-electron chi connectivity index (χ0n) is 8.71. The molecule has 1 aromatic heterocycles. The van der Waals surface area contributed by atoms with Crippen LogP contribution in [-0.4, -0.2) is 7.05 Å². The van der Waals surface area contributed by atoms with Gasteiger partial charge in [-0.15, -0.1) is 0 Å². The van der Waals surface area contributed by atoms with Gasteiger partial charge in [0, 0.05) is 0 Å². The predicted octanol–water partition coefficient (Wildman–Crippen LogP) is 3.38. The van der Waals surface area contributed by atoms with Gasteiger partial charge >= 0.3 is 0 Å². The molecule has 0 amide bonds. The summed E-state index contributed by atoms with van der Waals surface area (Å²) in [7, 11) is 1.81. The van der Waals surface area contributed by atoms with Crippen molar-refractivity contribution in [1.82, 2.24) is 5.32 Å². The standard InChI is InChI=1S/C12H11ClFNO/c1-15-12(10-6-7-11(13)16-10)8-2-4-9(14)5-3-8/h2-7,12,15H,1H3. The van der Waals surface area contributed by atoms with E-state index in [9.17, 15) is 4.39 Å². The molecule has 0 aliphatic rings. The van der Waals surface area contributed by atoms with E-state index in [1.807, 2.05) is 7.05 Å². The van der Waals surface area contributed by atoms with Crippen LogP contribution in [0.5, 0.6) is 0 Å². The zero-order chi connectivity index (χ0) is 11.5. The van der Waals surface area contributed by atoms with Gasteiger partial charge in [0.05, 0.1) is 6.04 Å². The Kier molecular flexibility index (Phi) is 3.27. The molecule has 0 aliphatic heterocycles. The Morgan fingerprint density at radius 2 is 1.88 bits per heavy atom. The van der Waals surface area contributed by atoms with Gasteiger partial charge in [-0.2, -0.15) is 0 Å². The Morgan fingerprint density at radius 1 is 1.19 bits per heavy atom. The number of rotatable bonds is 3. The molecule has 0 bridgehead atoms. The van der Waals surface area contributed by atoms with Crippen LogP contribution < -0.4 is 5.32 Å². The van der Waals surface area contributed by atoms with E-state index in [0.717, 1.165) is 5.56 Å². The summed E-state index contributed by atoms with van der Waals surface area (Å²) in [5, 5.41) is 3.44. The maximum Gasteiger partial charge on any atom is 0.193 e. The zero-order valence-corrected chi connectivity index (χ0v) is 9.46. The smallest absolute Gasteiger partial charge is 0.193 e. The molecule has 2 nitrogen and oxygen atoms in total. The second-order valence-electron chi connectivity index (χ2n) is 3.42. The Morgan fingerprint density at radius 3 is 2.38 bits per heavy atom. The first-order chi connectivity index (χ1) is 7.70. The molecule has 1 atom stereocenters. The SMILES string of the molecule is CNC(c1ccc(F)cc1)c1ccc(Cl)o1. The van der Waals surface area contributed by atoms with Crippen molar-refractivity contribution in [1.29, 1.82) is 0 Å². The molecule has 1 unspecified atom stereocenters. The first-order valence-corrected chi connectivity index (χ1v) is 5.26. The number of hydrogen-bond acceptors (Lipinski definition) is 2. The Balaban J connectivity index is 2.32. The molecule has 0 radical (unpaired) electrons. The Bertz CT molecular complexity index is 466. The monoisotopic (exact) mass is 239 g/mol. The lowest BCUT2D eigenvalue weighted by Crippen LogP contribution is -2.16. The highest BCUT2D eigenvalue weighted by Gasteiger charge is 2.15. The molecule has 0 saturated heterocycles. The molecule has 1 N–H and O–H groups in total. The fourth-order valence-corrected chi connectivity index (χ4v) is 1.76. The molecule has 16 heavy (non-hydrogen) atoms. The van der Waals surface area contributed by atoms with Crippen LogP contribution in [-0.2, 0) is 0 Å². The van der Waals surface area contributed by atoms with Gasteiger partial charge in [0.25, 0.3) is 0 Å². The largest absolute Gasteiger partial charge is 0.448 e. The van der Waals surface area contributed by atoms with Gasteiger partial charge in [-0.3, -0.25) is 0 Å². The van der Waals surface area contributed by atoms with E-state index < -0.39 is 0 Å². The summed E-state index contributed by atoms with van der Waals surface area (Å²) in [6.07, 6.45) is 0. The average molecular weight is 240 g/mol. The molecule has 0 saturated carbocycles. The van der Waals surface area contributed by atoms with Crippen LogP contribution in [0.4, 0.5) is 4.39 Å². The quantitative estimate of drug-likeness (QED) is 0.888. The van der Waals surface area contributed by atoms with Crippen molar-refractivity contribution in [2.75, 3.05) is 7.05 Å². The van der Waals surface area contributed by atoms with E-state index in [0.29, 0.717) is 11.0 Å². The van der Waals surface area contributed by atoms with Gasteiger partial charge in [-0.1, -0.05) is 12.1 Å². The fourth-order valence-electron chi connectivity index (χ4n) is 1.61. The van der Waals surface area contributed by atoms with Gasteiger partial charge in [0.15, 0.2) is 5.22 Å². The third-order valence-corrected chi connectivity index (χ3v) is 2.57. The summed E-state index contributed by atoms with van der Waals surface area (Å²) in [6.45, 7) is 0. The van der Waals surface area contributed by atoms with Crippen molar-refractivity contribution >= 4 is 11.6 Å². The van der Waals surface area contributed by atoms with E-state index in [-0.39, 0.29) is 11.9 Å². The lowest BCUT2D eigenvalue weighted by molar-refractivity contribution is 0.464. The minimum Gasteiger partial charge on any atom is -0.448 e. The molecule has 2 rings (SSSR count). The van der Waals surface area contributed by atoms with Crippen molar-refractivity contribution in [2.45, 2.75) is 6.04 Å². The molecular weight excluding hydrogens is 229 g/mol. The van der Waals surface area contributed by atoms with Gasteiger partial charge in [-0.05, 0) is 48.5 Å². The van der Waals surface area contributed by atoms with Crippen molar-refractivity contribution < 1.29 is 8.81 Å². The summed E-state index contributed by atoms with van der Waals surface area (Å²) in [5.74, 6) is 0.454. The average Bonchev–Trinajstić information content (AvgIpc) is 2.69. The van der Waals surface area contributed by atoms with Crippen LogP contribution in [0.15, 0.2) is 40.8 Å². The van der Waals surface area contributed by atoms with Crippen LogP contribution in [0.1, 0.15) is 17.4 Å². The number of benzene rings is 1. The molecular formula is C12H11ClFNO. The molecule has 0 fully saturated rings. The van der Waals surface area contributed by atoms with Gasteiger partial charge in [0.1, 0.15) is 11.6 Å². The highest BCUT2D eigenvalue weighted by molar-refractivity contribution is 6.28. The first-order valence-electron chi connectivity index (χ1n) is 4.88. The van der Waals surface area contributed by atoms with Gasteiger partial charge in [-0.25, -0.2) is 4.39 Å². The summed E-state index contributed by atoms with van der Waals surface area (Å²) in [5.41, 5.74) is 0.926. The topological polar surface area (TPSA) is 25.2 Å². The van der Waals surface area contributed by atoms with Crippen molar-refractivity contribution in [2.24, 2.45) is 0 Å². The molecule has 1 aromatic carbocycles. The van der Waals surface area contributed by atoms with Crippen LogP contribution in [0.2, 0.25) is 5.22 Å². The second kappa shape index (κ2) is 4.68. The highest BCUT2D eigenvalue weighted by atomic mass is 35.5. The van der Waals surface area contributed by atoms with Crippen LogP contribution >= 0.6 is 11.6 Å². The van der Waals surface area contributed by atoms with Crippen molar-refractivity contribution in [3.63, 3.8) is 0 Å². The Hall–Kier alpha value is -1.32. The van der Waals surface area contributed by atoms with Crippen LogP contribution in [0.25, 0.3) is 0 Å². The van der Waals surface area contributed by atoms with Gasteiger partial charge < -0.3 is 9.73 Å². The summed E-state index contributed by atoms with van der Waals surface area (Å²) in [6, 6.07) is 9.64. The van der Waals surface area contributed by atoms with Crippen LogP contribution in [0.3, 0.4) is 0 Å². The summed E-state index contributed by atoms with van der Waals surface area (Å²) in [4.78, 5) is 0. The number of nitrogens with one attached hydrogen (secondary N) is 1. The lowest BCUT2D eigenvalue weighted by Gasteiger charge is -2.13. The summed E-state index contributed by atoms with van der Waals surface area (Å²) >= 11 is 5.72. The summed E-state index contributed by atoms with van der Waals surface area (Å²) < 4.78 is 18.1. The molecule has 0 aliphatic carbocycles. The molecule has 2 aromatic rings. The minimum atomic E-state index is -0.254. The van der Waals surface area contributed by atoms with E-state index in [1.165, 1.54) is 12.1 Å². The normalized spacial score (nSPS) is 12.7. The number of hydrogen-bond donors (Lipinski definition) is 1. The van der Waals surface area contributed by atoms with E-state index in [4.69, 9.17) is 16.0 Å². The first kappa shape index (κ1) is 11.2. The maximum atomic E-state index is 12.8. The van der Waals surface area contributed by atoms with E-state index in [2.05, 4.69) is 5.32 Å². The number of furan rings is 1. The van der Waals surface area contributed by atoms with Crippen molar-refractivity contribution in [3.05, 3.63) is 58.8 Å². The molecule has 84 valence electrons. The Labute approximate surface area is 98.0 Å². The highest BCUT2D eigenvalue weighted by Crippen LogP contribution is 2.25. The predicted molar refractivity (Wildman–Crippen MR) is 61.0 cm³/mol. The van der Waals surface area contributed by atoms with E-state index in [1.54, 1.807) is 24.3 Å². The maximum absolute atomic E-state index is 12.8.